The maximum absolute atomic E-state index is 14.2. The van der Waals surface area contributed by atoms with Gasteiger partial charge in [-0.2, -0.15) is 0 Å². The maximum Gasteiger partial charge on any atom is 0.246 e. The molecule has 3 amide bonds. The molecule has 7 rings (SSSR count). The van der Waals surface area contributed by atoms with Crippen molar-refractivity contribution in [3.8, 4) is 27.4 Å². The van der Waals surface area contributed by atoms with E-state index in [2.05, 4.69) is 40.9 Å². The SMILES string of the molecule is Cc1ncsc1-c1ccc([C@H](C)NC(=O)[C@@H]2C[C@@H](O)CN2C(=O)[C@@H](NC(=O)CN2CC(CN3CCC(Nc4cc(-c5ccccc5O)nnc4N)CC3)C2)C(C)(C)C)cc1. The molecule has 3 aliphatic rings. The molecule has 4 aromatic rings. The highest BCUT2D eigenvalue weighted by Crippen LogP contribution is 2.32. The van der Waals surface area contributed by atoms with Gasteiger partial charge in [-0.3, -0.25) is 19.3 Å². The summed E-state index contributed by atoms with van der Waals surface area (Å²) < 4.78 is 0. The molecule has 0 aliphatic carbocycles. The van der Waals surface area contributed by atoms with Gasteiger partial charge in [-0.1, -0.05) is 57.2 Å². The number of aliphatic hydroxyl groups excluding tert-OH is 1. The molecule has 60 heavy (non-hydrogen) atoms. The van der Waals surface area contributed by atoms with Crippen LogP contribution in [0.5, 0.6) is 5.75 Å². The number of anilines is 2. The van der Waals surface area contributed by atoms with Crippen LogP contribution in [0.2, 0.25) is 0 Å². The van der Waals surface area contributed by atoms with Gasteiger partial charge >= 0.3 is 0 Å². The molecule has 7 N–H and O–H groups in total. The van der Waals surface area contributed by atoms with Crippen LogP contribution in [0, 0.1) is 18.3 Å². The first-order valence-corrected chi connectivity index (χ1v) is 21.7. The minimum atomic E-state index is -0.881. The summed E-state index contributed by atoms with van der Waals surface area (Å²) in [6.45, 7) is 14.2. The minimum Gasteiger partial charge on any atom is -0.507 e. The molecule has 3 aliphatic heterocycles. The number of aryl methyl sites for hydroxylation is 1. The zero-order chi connectivity index (χ0) is 42.7. The molecule has 0 saturated carbocycles. The van der Waals surface area contributed by atoms with E-state index in [9.17, 15) is 24.6 Å². The number of likely N-dealkylation sites (tertiary alicyclic amines) is 3. The fourth-order valence-corrected chi connectivity index (χ4v) is 9.34. The van der Waals surface area contributed by atoms with Crippen molar-refractivity contribution in [3.63, 3.8) is 0 Å². The van der Waals surface area contributed by atoms with Gasteiger partial charge in [-0.05, 0) is 67.3 Å². The maximum atomic E-state index is 14.2. The zero-order valence-electron chi connectivity index (χ0n) is 35.1. The van der Waals surface area contributed by atoms with Gasteiger partial charge in [-0.15, -0.1) is 21.5 Å². The quantitative estimate of drug-likeness (QED) is 0.113. The van der Waals surface area contributed by atoms with E-state index >= 15 is 0 Å². The van der Waals surface area contributed by atoms with Crippen molar-refractivity contribution < 1.29 is 24.6 Å². The molecular weight excluding hydrogens is 781 g/mol. The Labute approximate surface area is 355 Å². The molecule has 3 saturated heterocycles. The third-order valence-electron chi connectivity index (χ3n) is 11.9. The Bertz CT molecular complexity index is 2140. The molecule has 3 fully saturated rings. The van der Waals surface area contributed by atoms with Crippen LogP contribution in [0.1, 0.15) is 64.3 Å². The van der Waals surface area contributed by atoms with Gasteiger partial charge in [0, 0.05) is 57.3 Å². The van der Waals surface area contributed by atoms with Crippen LogP contribution in [-0.4, -0.2) is 128 Å². The summed E-state index contributed by atoms with van der Waals surface area (Å²) in [4.78, 5) is 52.7. The summed E-state index contributed by atoms with van der Waals surface area (Å²) in [5, 5.41) is 38.8. The largest absolute Gasteiger partial charge is 0.507 e. The van der Waals surface area contributed by atoms with Crippen LogP contribution in [0.25, 0.3) is 21.7 Å². The number of phenolic OH excluding ortho intramolecular Hbond substituents is 1. The number of carbonyl (C=O) groups is 3. The molecular formula is C44H58N10O5S. The smallest absolute Gasteiger partial charge is 0.246 e. The highest BCUT2D eigenvalue weighted by atomic mass is 32.1. The van der Waals surface area contributed by atoms with Crippen LogP contribution in [0.3, 0.4) is 0 Å². The Morgan fingerprint density at radius 3 is 2.37 bits per heavy atom. The summed E-state index contributed by atoms with van der Waals surface area (Å²) in [6, 6.07) is 15.0. The first kappa shape index (κ1) is 42.9. The number of nitrogens with two attached hydrogens (primary N) is 1. The van der Waals surface area contributed by atoms with Crippen molar-refractivity contribution in [1.82, 2.24) is 40.5 Å². The molecule has 4 atom stereocenters. The van der Waals surface area contributed by atoms with Crippen LogP contribution < -0.4 is 21.7 Å². The van der Waals surface area contributed by atoms with Gasteiger partial charge in [0.2, 0.25) is 17.7 Å². The van der Waals surface area contributed by atoms with Crippen LogP contribution in [-0.2, 0) is 14.4 Å². The second-order valence-electron chi connectivity index (χ2n) is 17.7. The van der Waals surface area contributed by atoms with Crippen molar-refractivity contribution in [2.45, 2.75) is 84.2 Å². The van der Waals surface area contributed by atoms with E-state index < -0.39 is 23.6 Å². The Morgan fingerprint density at radius 1 is 0.983 bits per heavy atom. The number of rotatable bonds is 13. The fraction of sp³-hybridized carbons (Fsp3) is 0.500. The molecule has 0 radical (unpaired) electrons. The second kappa shape index (κ2) is 18.2. The molecule has 15 nitrogen and oxygen atoms in total. The number of hydrogen-bond acceptors (Lipinski definition) is 13. The van der Waals surface area contributed by atoms with Crippen molar-refractivity contribution >= 4 is 40.6 Å². The lowest BCUT2D eigenvalue weighted by Crippen LogP contribution is -2.60. The number of piperidine rings is 1. The van der Waals surface area contributed by atoms with Gasteiger partial charge < -0.3 is 41.7 Å². The Balaban J connectivity index is 0.861. The summed E-state index contributed by atoms with van der Waals surface area (Å²) in [5.41, 5.74) is 12.2. The van der Waals surface area contributed by atoms with Crippen molar-refractivity contribution in [3.05, 3.63) is 71.4 Å². The molecule has 0 bridgehead atoms. The number of aromatic nitrogens is 3. The number of nitrogen functional groups attached to an aromatic ring is 1. The van der Waals surface area contributed by atoms with E-state index in [-0.39, 0.29) is 55.1 Å². The standard InChI is InChI=1S/C44H58N10O5S/c1-26(29-10-12-30(13-11-29)39-27(2)46-25-60-39)47-42(58)36-18-32(55)23-54(36)43(59)40(44(3,4)5)49-38(57)24-53-21-28(22-53)20-52-16-14-31(15-17-52)48-35-19-34(50-51-41(35)45)33-8-6-7-9-37(33)56/h6-13,19,25-26,28,31-32,36,40,55-56H,14-18,20-24H2,1-5H3,(H2,45,51)(H,47,58)(H,48,50)(H,49,57)/t26-,32+,36-,40+/m0/s1. The number of aliphatic hydroxyl groups is 1. The molecule has 320 valence electrons. The predicted octanol–water partition coefficient (Wildman–Crippen LogP) is 4.04. The van der Waals surface area contributed by atoms with Crippen LogP contribution in [0.15, 0.2) is 60.1 Å². The van der Waals surface area contributed by atoms with Gasteiger partial charge in [0.05, 0.1) is 46.2 Å². The highest BCUT2D eigenvalue weighted by molar-refractivity contribution is 7.13. The lowest BCUT2D eigenvalue weighted by molar-refractivity contribution is -0.144. The third-order valence-corrected chi connectivity index (χ3v) is 12.9. The number of benzene rings is 2. The van der Waals surface area contributed by atoms with Crippen molar-refractivity contribution in [2.75, 3.05) is 56.9 Å². The number of thiazole rings is 1. The van der Waals surface area contributed by atoms with Crippen LogP contribution in [0.4, 0.5) is 11.5 Å². The number of nitrogens with one attached hydrogen (secondary N) is 3. The summed E-state index contributed by atoms with van der Waals surface area (Å²) in [6.07, 6.45) is 1.15. The van der Waals surface area contributed by atoms with Gasteiger partial charge in [-0.25, -0.2) is 4.98 Å². The highest BCUT2D eigenvalue weighted by Gasteiger charge is 2.45. The number of phenols is 1. The number of hydrogen-bond donors (Lipinski definition) is 6. The number of para-hydroxylation sites is 1. The fourth-order valence-electron chi connectivity index (χ4n) is 8.53. The number of aromatic hydroxyl groups is 1. The summed E-state index contributed by atoms with van der Waals surface area (Å²) in [7, 11) is 0. The second-order valence-corrected chi connectivity index (χ2v) is 18.6. The molecule has 0 spiro atoms. The minimum absolute atomic E-state index is 0.0212. The van der Waals surface area contributed by atoms with Gasteiger partial charge in [0.25, 0.3) is 0 Å². The summed E-state index contributed by atoms with van der Waals surface area (Å²) >= 11 is 1.58. The Kier molecular flexibility index (Phi) is 13.0. The molecule has 2 aromatic carbocycles. The predicted molar refractivity (Wildman–Crippen MR) is 233 cm³/mol. The molecule has 16 heteroatoms. The van der Waals surface area contributed by atoms with E-state index in [1.165, 1.54) is 4.90 Å². The van der Waals surface area contributed by atoms with E-state index in [1.807, 2.05) is 76.5 Å². The Morgan fingerprint density at radius 2 is 1.70 bits per heavy atom. The average molecular weight is 839 g/mol. The van der Waals surface area contributed by atoms with E-state index in [0.717, 1.165) is 67.3 Å². The van der Waals surface area contributed by atoms with E-state index in [0.29, 0.717) is 28.7 Å². The molecule has 0 unspecified atom stereocenters. The number of carbonyl (C=O) groups excluding carboxylic acids is 3. The lowest BCUT2D eigenvalue weighted by Gasteiger charge is -2.43. The van der Waals surface area contributed by atoms with Gasteiger partial charge in [0.1, 0.15) is 17.8 Å². The topological polar surface area (TPSA) is 202 Å². The average Bonchev–Trinajstić information content (AvgIpc) is 3.82. The van der Waals surface area contributed by atoms with E-state index in [1.54, 1.807) is 29.5 Å². The zero-order valence-corrected chi connectivity index (χ0v) is 35.9. The van der Waals surface area contributed by atoms with Crippen LogP contribution >= 0.6 is 11.3 Å². The number of β-amino-alcohol motifs (C(OH)–C–C–N with tert-alkyl or cyclic N) is 1. The van der Waals surface area contributed by atoms with Gasteiger partial charge in [0.15, 0.2) is 5.82 Å². The monoisotopic (exact) mass is 838 g/mol. The Hall–Kier alpha value is -5.16. The van der Waals surface area contributed by atoms with Crippen molar-refractivity contribution in [2.24, 2.45) is 11.3 Å². The summed E-state index contributed by atoms with van der Waals surface area (Å²) in [5.74, 6) is -0.0509. The lowest BCUT2D eigenvalue weighted by atomic mass is 9.85. The normalized spacial score (nSPS) is 20.3. The van der Waals surface area contributed by atoms with E-state index in [4.69, 9.17) is 5.73 Å². The number of amides is 3. The van der Waals surface area contributed by atoms with Crippen molar-refractivity contribution in [1.29, 1.82) is 0 Å². The molecule has 5 heterocycles. The first-order chi connectivity index (χ1) is 28.6. The molecule has 2 aromatic heterocycles. The third kappa shape index (κ3) is 10.1. The first-order valence-electron chi connectivity index (χ1n) is 20.8. The number of nitrogens with zero attached hydrogens (tertiary/aromatic N) is 6.